The molecule has 0 amide bonds. The van der Waals surface area contributed by atoms with Gasteiger partial charge in [-0.05, 0) is 22.4 Å². The molecule has 0 bridgehead atoms. The van der Waals surface area contributed by atoms with Gasteiger partial charge < -0.3 is 4.74 Å². The van der Waals surface area contributed by atoms with Crippen LogP contribution in [0.5, 0.6) is 0 Å². The third kappa shape index (κ3) is 2.32. The Morgan fingerprint density at radius 1 is 1.71 bits per heavy atom. The van der Waals surface area contributed by atoms with Crippen molar-refractivity contribution < 1.29 is 4.74 Å². The highest BCUT2D eigenvalue weighted by atomic mass is 32.1. The lowest BCUT2D eigenvalue weighted by Gasteiger charge is -2.29. The molecular formula is C10H12N2OS. The van der Waals surface area contributed by atoms with Crippen LogP contribution in [-0.4, -0.2) is 30.7 Å². The molecule has 2 heterocycles. The van der Waals surface area contributed by atoms with Crippen molar-refractivity contribution in [2.75, 3.05) is 19.7 Å². The van der Waals surface area contributed by atoms with Crippen LogP contribution in [0, 0.1) is 11.3 Å². The highest BCUT2D eigenvalue weighted by molar-refractivity contribution is 7.07. The predicted molar refractivity (Wildman–Crippen MR) is 54.9 cm³/mol. The minimum absolute atomic E-state index is 0.248. The highest BCUT2D eigenvalue weighted by Crippen LogP contribution is 2.12. The van der Waals surface area contributed by atoms with Crippen molar-refractivity contribution >= 4 is 11.3 Å². The molecule has 0 aliphatic carbocycles. The summed E-state index contributed by atoms with van der Waals surface area (Å²) in [5, 5.41) is 13.0. The number of ether oxygens (including phenoxy) is 1. The first-order valence-electron chi connectivity index (χ1n) is 4.63. The summed E-state index contributed by atoms with van der Waals surface area (Å²) >= 11 is 1.71. The maximum absolute atomic E-state index is 8.74. The number of morpholine rings is 1. The highest BCUT2D eigenvalue weighted by Gasteiger charge is 2.19. The van der Waals surface area contributed by atoms with Gasteiger partial charge in [0, 0.05) is 19.6 Å². The first-order chi connectivity index (χ1) is 6.88. The van der Waals surface area contributed by atoms with Gasteiger partial charge in [0.2, 0.25) is 0 Å². The summed E-state index contributed by atoms with van der Waals surface area (Å²) in [7, 11) is 0. The molecule has 74 valence electrons. The molecule has 0 N–H and O–H groups in total. The van der Waals surface area contributed by atoms with Gasteiger partial charge in [0.05, 0.1) is 12.7 Å². The van der Waals surface area contributed by atoms with Crippen LogP contribution in [0.15, 0.2) is 16.8 Å². The Morgan fingerprint density at radius 3 is 3.36 bits per heavy atom. The Morgan fingerprint density at radius 2 is 2.64 bits per heavy atom. The van der Waals surface area contributed by atoms with Crippen LogP contribution in [0.4, 0.5) is 0 Å². The first kappa shape index (κ1) is 9.66. The number of nitriles is 1. The maximum atomic E-state index is 8.74. The predicted octanol–water partition coefficient (Wildman–Crippen LogP) is 1.47. The largest absolute Gasteiger partial charge is 0.361 e. The van der Waals surface area contributed by atoms with E-state index < -0.39 is 0 Å². The van der Waals surface area contributed by atoms with Crippen LogP contribution < -0.4 is 0 Å². The smallest absolute Gasteiger partial charge is 0.156 e. The third-order valence-corrected chi connectivity index (χ3v) is 3.01. The molecule has 0 spiro atoms. The molecule has 2 rings (SSSR count). The average Bonchev–Trinajstić information content (AvgIpc) is 2.71. The summed E-state index contributed by atoms with van der Waals surface area (Å²) in [6.07, 6.45) is -0.248. The number of rotatable bonds is 2. The van der Waals surface area contributed by atoms with Crippen molar-refractivity contribution in [1.29, 1.82) is 5.26 Å². The molecule has 1 fully saturated rings. The maximum Gasteiger partial charge on any atom is 0.156 e. The van der Waals surface area contributed by atoms with Crippen LogP contribution in [0.3, 0.4) is 0 Å². The van der Waals surface area contributed by atoms with Gasteiger partial charge in [0.25, 0.3) is 0 Å². The summed E-state index contributed by atoms with van der Waals surface area (Å²) in [4.78, 5) is 2.26. The summed E-state index contributed by atoms with van der Waals surface area (Å²) in [5.41, 5.74) is 1.33. The SMILES string of the molecule is N#CC1CN(Cc2ccsc2)CCO1. The van der Waals surface area contributed by atoms with Gasteiger partial charge in [0.1, 0.15) is 0 Å². The monoisotopic (exact) mass is 208 g/mol. The molecular weight excluding hydrogens is 196 g/mol. The molecule has 1 aliphatic heterocycles. The average molecular weight is 208 g/mol. The zero-order chi connectivity index (χ0) is 9.80. The van der Waals surface area contributed by atoms with Gasteiger partial charge in [-0.3, -0.25) is 4.90 Å². The summed E-state index contributed by atoms with van der Waals surface area (Å²) in [6.45, 7) is 3.26. The quantitative estimate of drug-likeness (QED) is 0.738. The molecule has 0 radical (unpaired) electrons. The van der Waals surface area contributed by atoms with Crippen molar-refractivity contribution in [2.24, 2.45) is 0 Å². The van der Waals surface area contributed by atoms with Crippen LogP contribution in [-0.2, 0) is 11.3 Å². The summed E-state index contributed by atoms with van der Waals surface area (Å²) < 4.78 is 5.28. The molecule has 1 aliphatic rings. The fourth-order valence-corrected chi connectivity index (χ4v) is 2.22. The van der Waals surface area contributed by atoms with Gasteiger partial charge in [-0.1, -0.05) is 0 Å². The second-order valence-electron chi connectivity index (χ2n) is 3.36. The molecule has 0 saturated carbocycles. The molecule has 0 aromatic carbocycles. The number of thiophene rings is 1. The minimum atomic E-state index is -0.248. The summed E-state index contributed by atoms with van der Waals surface area (Å²) in [5.74, 6) is 0. The van der Waals surface area contributed by atoms with Crippen LogP contribution in [0.2, 0.25) is 0 Å². The van der Waals surface area contributed by atoms with Crippen molar-refractivity contribution in [3.8, 4) is 6.07 Å². The number of hydrogen-bond donors (Lipinski definition) is 0. The van der Waals surface area contributed by atoms with Gasteiger partial charge >= 0.3 is 0 Å². The second kappa shape index (κ2) is 4.56. The lowest BCUT2D eigenvalue weighted by molar-refractivity contribution is -0.00264. The fraction of sp³-hybridized carbons (Fsp3) is 0.500. The van der Waals surface area contributed by atoms with E-state index >= 15 is 0 Å². The molecule has 4 heteroatoms. The third-order valence-electron chi connectivity index (χ3n) is 2.28. The van der Waals surface area contributed by atoms with Gasteiger partial charge in [-0.25, -0.2) is 0 Å². The molecule has 1 aromatic rings. The van der Waals surface area contributed by atoms with Crippen molar-refractivity contribution in [3.63, 3.8) is 0 Å². The van der Waals surface area contributed by atoms with Crippen LogP contribution in [0.1, 0.15) is 5.56 Å². The van der Waals surface area contributed by atoms with E-state index in [1.165, 1.54) is 5.56 Å². The van der Waals surface area contributed by atoms with Crippen molar-refractivity contribution in [2.45, 2.75) is 12.6 Å². The van der Waals surface area contributed by atoms with Crippen LogP contribution in [0.25, 0.3) is 0 Å². The zero-order valence-corrected chi connectivity index (χ0v) is 8.67. The number of nitrogens with zero attached hydrogens (tertiary/aromatic N) is 2. The van der Waals surface area contributed by atoms with Gasteiger partial charge in [-0.15, -0.1) is 0 Å². The van der Waals surface area contributed by atoms with Crippen molar-refractivity contribution in [1.82, 2.24) is 4.90 Å². The lowest BCUT2D eigenvalue weighted by Crippen LogP contribution is -2.41. The lowest BCUT2D eigenvalue weighted by atomic mass is 10.2. The van der Waals surface area contributed by atoms with E-state index in [0.29, 0.717) is 6.61 Å². The summed E-state index contributed by atoms with van der Waals surface area (Å²) in [6, 6.07) is 4.28. The first-order valence-corrected chi connectivity index (χ1v) is 5.57. The molecule has 1 aromatic heterocycles. The normalized spacial score (nSPS) is 23.2. The Labute approximate surface area is 87.5 Å². The van der Waals surface area contributed by atoms with E-state index in [0.717, 1.165) is 19.6 Å². The molecule has 14 heavy (non-hydrogen) atoms. The van der Waals surface area contributed by atoms with Crippen LogP contribution >= 0.6 is 11.3 Å². The Kier molecular flexibility index (Phi) is 3.14. The topological polar surface area (TPSA) is 36.3 Å². The Bertz CT molecular complexity index is 317. The van der Waals surface area contributed by atoms with E-state index in [9.17, 15) is 0 Å². The van der Waals surface area contributed by atoms with E-state index in [1.807, 2.05) is 0 Å². The molecule has 1 saturated heterocycles. The Balaban J connectivity index is 1.90. The fourth-order valence-electron chi connectivity index (χ4n) is 1.57. The van der Waals surface area contributed by atoms with E-state index in [-0.39, 0.29) is 6.10 Å². The standard InChI is InChI=1S/C10H12N2OS/c11-5-10-7-12(2-3-13-10)6-9-1-4-14-8-9/h1,4,8,10H,2-3,6-7H2. The molecule has 1 unspecified atom stereocenters. The number of hydrogen-bond acceptors (Lipinski definition) is 4. The van der Waals surface area contributed by atoms with E-state index in [4.69, 9.17) is 10.00 Å². The molecule has 3 nitrogen and oxygen atoms in total. The van der Waals surface area contributed by atoms with E-state index in [2.05, 4.69) is 27.8 Å². The zero-order valence-electron chi connectivity index (χ0n) is 7.85. The Hall–Kier alpha value is -0.890. The van der Waals surface area contributed by atoms with Gasteiger partial charge in [0.15, 0.2) is 6.10 Å². The van der Waals surface area contributed by atoms with Crippen molar-refractivity contribution in [3.05, 3.63) is 22.4 Å². The molecule has 1 atom stereocenters. The second-order valence-corrected chi connectivity index (χ2v) is 4.14. The van der Waals surface area contributed by atoms with E-state index in [1.54, 1.807) is 11.3 Å². The minimum Gasteiger partial charge on any atom is -0.361 e. The van der Waals surface area contributed by atoms with Gasteiger partial charge in [-0.2, -0.15) is 16.6 Å².